The van der Waals surface area contributed by atoms with Crippen molar-refractivity contribution in [1.82, 2.24) is 14.9 Å². The van der Waals surface area contributed by atoms with Gasteiger partial charge in [-0.3, -0.25) is 4.98 Å². The number of pyridine rings is 1. The van der Waals surface area contributed by atoms with Gasteiger partial charge in [0.2, 0.25) is 0 Å². The predicted molar refractivity (Wildman–Crippen MR) is 133 cm³/mol. The Hall–Kier alpha value is -4.17. The first-order valence-electron chi connectivity index (χ1n) is 10.7. The van der Waals surface area contributed by atoms with E-state index in [-0.39, 0.29) is 17.8 Å². The number of carbonyl (C=O) groups excluding carboxylic acids is 1. The number of para-hydroxylation sites is 2. The lowest BCUT2D eigenvalue weighted by Gasteiger charge is -2.29. The summed E-state index contributed by atoms with van der Waals surface area (Å²) in [7, 11) is 1.36. The lowest BCUT2D eigenvalue weighted by Crippen LogP contribution is -2.30. The molecule has 0 amide bonds. The molecule has 2 atom stereocenters. The fourth-order valence-electron chi connectivity index (χ4n) is 4.35. The van der Waals surface area contributed by atoms with Crippen molar-refractivity contribution in [3.63, 3.8) is 0 Å². The molecule has 1 aliphatic heterocycles. The number of methoxy groups -OCH3 is 1. The van der Waals surface area contributed by atoms with Gasteiger partial charge in [0, 0.05) is 23.8 Å². The SMILES string of the molecule is COC(=O)c1cccc(-n2cccc2C2C(c3ccccn3)NC(=S)N2c2ccccc2O)c1. The molecule has 1 aliphatic rings. The minimum atomic E-state index is -0.401. The normalized spacial score (nSPS) is 17.4. The quantitative estimate of drug-likeness (QED) is 0.327. The van der Waals surface area contributed by atoms with E-state index in [1.807, 2.05) is 70.3 Å². The Labute approximate surface area is 202 Å². The molecule has 0 spiro atoms. The number of rotatable bonds is 5. The van der Waals surface area contributed by atoms with E-state index in [1.165, 1.54) is 7.11 Å². The smallest absolute Gasteiger partial charge is 0.337 e. The molecule has 170 valence electrons. The standard InChI is InChI=1S/C26H22N4O3S/c1-33-25(32)17-8-6-9-18(16-17)29-15-7-12-21(29)24-23(19-10-4-5-14-27-19)28-26(34)30(24)20-11-2-3-13-22(20)31/h2-16,23-24,31H,1H3,(H,28,34). The highest BCUT2D eigenvalue weighted by Crippen LogP contribution is 2.44. The highest BCUT2D eigenvalue weighted by molar-refractivity contribution is 7.80. The first-order valence-corrected chi connectivity index (χ1v) is 11.1. The van der Waals surface area contributed by atoms with Crippen LogP contribution in [0.1, 0.15) is 33.8 Å². The zero-order valence-electron chi connectivity index (χ0n) is 18.3. The molecule has 0 aliphatic carbocycles. The van der Waals surface area contributed by atoms with Crippen LogP contribution in [0.2, 0.25) is 0 Å². The molecular formula is C26H22N4O3S. The van der Waals surface area contributed by atoms with Gasteiger partial charge in [-0.15, -0.1) is 0 Å². The van der Waals surface area contributed by atoms with Gasteiger partial charge >= 0.3 is 5.97 Å². The van der Waals surface area contributed by atoms with E-state index in [4.69, 9.17) is 17.0 Å². The first kappa shape index (κ1) is 21.7. The van der Waals surface area contributed by atoms with Crippen molar-refractivity contribution in [2.24, 2.45) is 0 Å². The van der Waals surface area contributed by atoms with Crippen LogP contribution in [-0.4, -0.2) is 32.8 Å². The number of nitrogens with zero attached hydrogens (tertiary/aromatic N) is 3. The molecule has 8 heteroatoms. The van der Waals surface area contributed by atoms with Gasteiger partial charge in [0.05, 0.1) is 30.1 Å². The number of ether oxygens (including phenoxy) is 1. The number of nitrogens with one attached hydrogen (secondary N) is 1. The average molecular weight is 471 g/mol. The second kappa shape index (κ2) is 8.99. The van der Waals surface area contributed by atoms with E-state index in [0.717, 1.165) is 17.1 Å². The molecule has 5 rings (SSSR count). The molecule has 34 heavy (non-hydrogen) atoms. The van der Waals surface area contributed by atoms with Crippen LogP contribution in [0.3, 0.4) is 0 Å². The molecule has 2 aromatic heterocycles. The van der Waals surface area contributed by atoms with E-state index in [0.29, 0.717) is 16.4 Å². The first-order chi connectivity index (χ1) is 16.6. The summed E-state index contributed by atoms with van der Waals surface area (Å²) in [5, 5.41) is 14.6. The molecule has 4 aromatic rings. The van der Waals surface area contributed by atoms with E-state index >= 15 is 0 Å². The third kappa shape index (κ3) is 3.78. The Morgan fingerprint density at radius 1 is 1.06 bits per heavy atom. The van der Waals surface area contributed by atoms with Crippen molar-refractivity contribution in [2.45, 2.75) is 12.1 Å². The molecule has 0 saturated carbocycles. The second-order valence-corrected chi connectivity index (χ2v) is 8.22. The summed E-state index contributed by atoms with van der Waals surface area (Å²) in [4.78, 5) is 18.6. The number of esters is 1. The van der Waals surface area contributed by atoms with Gasteiger partial charge in [0.15, 0.2) is 5.11 Å². The number of carbonyl (C=O) groups is 1. The van der Waals surface area contributed by atoms with Crippen LogP contribution in [0.5, 0.6) is 5.75 Å². The largest absolute Gasteiger partial charge is 0.506 e. The van der Waals surface area contributed by atoms with Crippen LogP contribution in [-0.2, 0) is 4.74 Å². The number of aromatic nitrogens is 2. The Morgan fingerprint density at radius 2 is 1.88 bits per heavy atom. The molecule has 3 heterocycles. The van der Waals surface area contributed by atoms with Crippen molar-refractivity contribution in [3.05, 3.63) is 108 Å². The number of phenols is 1. The highest BCUT2D eigenvalue weighted by atomic mass is 32.1. The zero-order valence-corrected chi connectivity index (χ0v) is 19.1. The maximum Gasteiger partial charge on any atom is 0.337 e. The third-order valence-corrected chi connectivity index (χ3v) is 6.18. The van der Waals surface area contributed by atoms with Gasteiger partial charge in [-0.1, -0.05) is 24.3 Å². The summed E-state index contributed by atoms with van der Waals surface area (Å²) >= 11 is 5.75. The number of anilines is 1. The van der Waals surface area contributed by atoms with Crippen LogP contribution in [0.4, 0.5) is 5.69 Å². The Bertz CT molecular complexity index is 1350. The molecule has 2 aromatic carbocycles. The van der Waals surface area contributed by atoms with Crippen LogP contribution < -0.4 is 10.2 Å². The van der Waals surface area contributed by atoms with E-state index < -0.39 is 5.97 Å². The van der Waals surface area contributed by atoms with Gasteiger partial charge < -0.3 is 24.6 Å². The van der Waals surface area contributed by atoms with Gasteiger partial charge in [-0.2, -0.15) is 0 Å². The van der Waals surface area contributed by atoms with Crippen LogP contribution in [0.25, 0.3) is 5.69 Å². The van der Waals surface area contributed by atoms with Gasteiger partial charge in [0.25, 0.3) is 0 Å². The summed E-state index contributed by atoms with van der Waals surface area (Å²) in [6, 6.07) is 23.5. The molecule has 1 saturated heterocycles. The highest BCUT2D eigenvalue weighted by Gasteiger charge is 2.43. The van der Waals surface area contributed by atoms with E-state index in [2.05, 4.69) is 10.3 Å². The number of phenolic OH excluding ortho intramolecular Hbond substituents is 1. The van der Waals surface area contributed by atoms with Crippen molar-refractivity contribution in [2.75, 3.05) is 12.0 Å². The topological polar surface area (TPSA) is 79.6 Å². The summed E-state index contributed by atoms with van der Waals surface area (Å²) in [6.07, 6.45) is 3.68. The Morgan fingerprint density at radius 3 is 2.65 bits per heavy atom. The van der Waals surface area contributed by atoms with E-state index in [9.17, 15) is 9.90 Å². The summed E-state index contributed by atoms with van der Waals surface area (Å²) in [5.41, 5.74) is 3.59. The fourth-order valence-corrected chi connectivity index (χ4v) is 4.69. The second-order valence-electron chi connectivity index (χ2n) is 7.83. The number of hydrogen-bond donors (Lipinski definition) is 2. The summed E-state index contributed by atoms with van der Waals surface area (Å²) < 4.78 is 6.91. The van der Waals surface area contributed by atoms with Gasteiger partial charge in [0.1, 0.15) is 11.8 Å². The molecule has 0 bridgehead atoms. The Kier molecular flexibility index (Phi) is 5.73. The maximum absolute atomic E-state index is 12.1. The molecule has 2 unspecified atom stereocenters. The van der Waals surface area contributed by atoms with Crippen LogP contribution >= 0.6 is 12.2 Å². The maximum atomic E-state index is 12.1. The monoisotopic (exact) mass is 470 g/mol. The van der Waals surface area contributed by atoms with Crippen molar-refractivity contribution < 1.29 is 14.6 Å². The minimum absolute atomic E-state index is 0.129. The lowest BCUT2D eigenvalue weighted by atomic mass is 10.0. The lowest BCUT2D eigenvalue weighted by molar-refractivity contribution is 0.0600. The number of benzene rings is 2. The fraction of sp³-hybridized carbons (Fsp3) is 0.115. The predicted octanol–water partition coefficient (Wildman–Crippen LogP) is 4.54. The van der Waals surface area contributed by atoms with Crippen molar-refractivity contribution >= 4 is 29.0 Å². The van der Waals surface area contributed by atoms with Gasteiger partial charge in [-0.25, -0.2) is 4.79 Å². The van der Waals surface area contributed by atoms with Crippen molar-refractivity contribution in [1.29, 1.82) is 0 Å². The molecule has 1 fully saturated rings. The van der Waals surface area contributed by atoms with Crippen LogP contribution in [0.15, 0.2) is 91.3 Å². The van der Waals surface area contributed by atoms with E-state index in [1.54, 1.807) is 30.5 Å². The molecule has 7 nitrogen and oxygen atoms in total. The minimum Gasteiger partial charge on any atom is -0.506 e. The van der Waals surface area contributed by atoms with Gasteiger partial charge in [-0.05, 0) is 66.8 Å². The van der Waals surface area contributed by atoms with Crippen LogP contribution in [0, 0.1) is 0 Å². The number of hydrogen-bond acceptors (Lipinski definition) is 5. The molecular weight excluding hydrogens is 448 g/mol. The average Bonchev–Trinajstić information content (AvgIpc) is 3.49. The molecule has 0 radical (unpaired) electrons. The Balaban J connectivity index is 1.67. The van der Waals surface area contributed by atoms with Crippen molar-refractivity contribution in [3.8, 4) is 11.4 Å². The number of aromatic hydroxyl groups is 1. The third-order valence-electron chi connectivity index (χ3n) is 5.87. The zero-order chi connectivity index (χ0) is 23.7. The number of thiocarbonyl (C=S) groups is 1. The summed E-state index contributed by atoms with van der Waals surface area (Å²) in [6.45, 7) is 0. The summed E-state index contributed by atoms with van der Waals surface area (Å²) in [5.74, 6) is -0.273. The molecule has 2 N–H and O–H groups in total.